The van der Waals surface area contributed by atoms with Gasteiger partial charge in [-0.15, -0.1) is 13.2 Å². The molecule has 24 heavy (non-hydrogen) atoms. The van der Waals surface area contributed by atoms with E-state index >= 15 is 0 Å². The largest absolute Gasteiger partial charge is 0.573 e. The zero-order valence-electron chi connectivity index (χ0n) is 13.3. The van der Waals surface area contributed by atoms with Crippen molar-refractivity contribution in [2.45, 2.75) is 50.6 Å². The molecule has 132 valence electrons. The molecule has 1 amide bonds. The van der Waals surface area contributed by atoms with Crippen LogP contribution in [0.2, 0.25) is 0 Å². The highest BCUT2D eigenvalue weighted by Gasteiger charge is 2.33. The summed E-state index contributed by atoms with van der Waals surface area (Å²) in [5, 5.41) is 3.51. The molecular formula is C17H21F3N2O2. The molecule has 0 aromatic heterocycles. The zero-order chi connectivity index (χ0) is 17.2. The second kappa shape index (κ2) is 7.01. The molecule has 0 saturated carbocycles. The van der Waals surface area contributed by atoms with Crippen LogP contribution in [-0.4, -0.2) is 42.3 Å². The molecule has 2 bridgehead atoms. The maximum absolute atomic E-state index is 12.4. The normalized spacial score (nSPS) is 23.9. The van der Waals surface area contributed by atoms with Crippen molar-refractivity contribution in [3.05, 3.63) is 29.8 Å². The number of nitrogens with zero attached hydrogens (tertiary/aromatic N) is 1. The van der Waals surface area contributed by atoms with Crippen molar-refractivity contribution in [2.24, 2.45) is 0 Å². The van der Waals surface area contributed by atoms with Crippen molar-refractivity contribution in [1.29, 1.82) is 0 Å². The third-order valence-electron chi connectivity index (χ3n) is 4.68. The van der Waals surface area contributed by atoms with Crippen LogP contribution in [0.25, 0.3) is 0 Å². The minimum atomic E-state index is -4.73. The minimum Gasteiger partial charge on any atom is -0.406 e. The Labute approximate surface area is 139 Å². The Bertz CT molecular complexity index is 591. The van der Waals surface area contributed by atoms with Gasteiger partial charge in [0.1, 0.15) is 5.75 Å². The van der Waals surface area contributed by atoms with E-state index in [0.29, 0.717) is 30.7 Å². The van der Waals surface area contributed by atoms with Gasteiger partial charge in [0.05, 0.1) is 0 Å². The fourth-order valence-corrected chi connectivity index (χ4v) is 3.50. The molecule has 0 spiro atoms. The van der Waals surface area contributed by atoms with E-state index in [2.05, 4.69) is 10.1 Å². The van der Waals surface area contributed by atoms with Crippen molar-refractivity contribution >= 4 is 5.91 Å². The summed E-state index contributed by atoms with van der Waals surface area (Å²) in [5.74, 6) is -0.236. The van der Waals surface area contributed by atoms with E-state index in [4.69, 9.17) is 0 Å². The smallest absolute Gasteiger partial charge is 0.406 e. The number of aryl methyl sites for hydroxylation is 1. The van der Waals surface area contributed by atoms with Gasteiger partial charge in [0.15, 0.2) is 0 Å². The molecule has 1 aromatic rings. The molecular weight excluding hydrogens is 321 g/mol. The van der Waals surface area contributed by atoms with Crippen LogP contribution in [0.4, 0.5) is 13.2 Å². The summed E-state index contributed by atoms with van der Waals surface area (Å²) in [5.41, 5.74) is 0.401. The summed E-state index contributed by atoms with van der Waals surface area (Å²) >= 11 is 0. The first-order chi connectivity index (χ1) is 11.4. The monoisotopic (exact) mass is 342 g/mol. The number of benzene rings is 1. The lowest BCUT2D eigenvalue weighted by Gasteiger charge is -2.24. The number of carbonyl (C=O) groups is 1. The highest BCUT2D eigenvalue weighted by molar-refractivity contribution is 5.76. The van der Waals surface area contributed by atoms with Crippen LogP contribution in [0.3, 0.4) is 0 Å². The van der Waals surface area contributed by atoms with Crippen LogP contribution in [0.1, 0.15) is 31.2 Å². The van der Waals surface area contributed by atoms with Gasteiger partial charge >= 0.3 is 6.36 Å². The summed E-state index contributed by atoms with van der Waals surface area (Å²) in [6, 6.07) is 6.83. The number of ether oxygens (including phenoxy) is 1. The number of rotatable bonds is 4. The zero-order valence-corrected chi connectivity index (χ0v) is 13.3. The molecule has 2 heterocycles. The molecule has 7 heteroatoms. The number of para-hydroxylation sites is 1. The third kappa shape index (κ3) is 4.41. The molecule has 0 aliphatic carbocycles. The molecule has 4 nitrogen and oxygen atoms in total. The third-order valence-corrected chi connectivity index (χ3v) is 4.68. The number of alkyl halides is 3. The first-order valence-electron chi connectivity index (χ1n) is 8.28. The Morgan fingerprint density at radius 3 is 2.75 bits per heavy atom. The molecule has 1 aromatic carbocycles. The lowest BCUT2D eigenvalue weighted by Crippen LogP contribution is -2.39. The fourth-order valence-electron chi connectivity index (χ4n) is 3.50. The number of halogens is 3. The quantitative estimate of drug-likeness (QED) is 0.915. The van der Waals surface area contributed by atoms with Crippen LogP contribution in [-0.2, 0) is 11.2 Å². The first kappa shape index (κ1) is 17.1. The molecule has 2 aliphatic rings. The summed E-state index contributed by atoms with van der Waals surface area (Å²) in [4.78, 5) is 14.3. The van der Waals surface area contributed by atoms with Gasteiger partial charge in [0, 0.05) is 31.6 Å². The van der Waals surface area contributed by atoms with E-state index in [1.807, 2.05) is 4.90 Å². The first-order valence-corrected chi connectivity index (χ1v) is 8.28. The lowest BCUT2D eigenvalue weighted by molar-refractivity contribution is -0.274. The van der Waals surface area contributed by atoms with Gasteiger partial charge in [-0.2, -0.15) is 0 Å². The van der Waals surface area contributed by atoms with Crippen LogP contribution in [0, 0.1) is 0 Å². The molecule has 1 N–H and O–H groups in total. The van der Waals surface area contributed by atoms with Gasteiger partial charge in [-0.25, -0.2) is 0 Å². The Morgan fingerprint density at radius 2 is 1.96 bits per heavy atom. The SMILES string of the molecule is O=C(CCc1ccccc1OC(F)(F)F)N1CCC2CCC(C1)N2. The van der Waals surface area contributed by atoms with Crippen LogP contribution < -0.4 is 10.1 Å². The van der Waals surface area contributed by atoms with Gasteiger partial charge < -0.3 is 15.0 Å². The van der Waals surface area contributed by atoms with Crippen LogP contribution >= 0.6 is 0 Å². The highest BCUT2D eigenvalue weighted by Crippen LogP contribution is 2.27. The number of hydrogen-bond acceptors (Lipinski definition) is 3. The Morgan fingerprint density at radius 1 is 1.21 bits per heavy atom. The number of nitrogens with one attached hydrogen (secondary N) is 1. The highest BCUT2D eigenvalue weighted by atomic mass is 19.4. The van der Waals surface area contributed by atoms with Gasteiger partial charge in [0.2, 0.25) is 5.91 Å². The summed E-state index contributed by atoms with van der Waals surface area (Å²) in [6.45, 7) is 1.41. The second-order valence-corrected chi connectivity index (χ2v) is 6.42. The molecule has 2 fully saturated rings. The average molecular weight is 342 g/mol. The van der Waals surface area contributed by atoms with Gasteiger partial charge in [-0.05, 0) is 37.3 Å². The topological polar surface area (TPSA) is 41.6 Å². The molecule has 3 rings (SSSR count). The van der Waals surface area contributed by atoms with E-state index < -0.39 is 6.36 Å². The van der Waals surface area contributed by atoms with Gasteiger partial charge in [-0.1, -0.05) is 18.2 Å². The van der Waals surface area contributed by atoms with Crippen molar-refractivity contribution < 1.29 is 22.7 Å². The Hall–Kier alpha value is -1.76. The van der Waals surface area contributed by atoms with Gasteiger partial charge in [0.25, 0.3) is 0 Å². The van der Waals surface area contributed by atoms with Gasteiger partial charge in [-0.3, -0.25) is 4.79 Å². The summed E-state index contributed by atoms with van der Waals surface area (Å²) < 4.78 is 41.3. The number of carbonyl (C=O) groups excluding carboxylic acids is 1. The fraction of sp³-hybridized carbons (Fsp3) is 0.588. The van der Waals surface area contributed by atoms with Crippen LogP contribution in [0.5, 0.6) is 5.75 Å². The standard InChI is InChI=1S/C17H21F3N2O2/c18-17(19,20)24-15-4-2-1-3-12(15)5-8-16(23)22-10-9-13-6-7-14(11-22)21-13/h1-4,13-14,21H,5-11H2. The van der Waals surface area contributed by atoms with Crippen molar-refractivity contribution in [3.63, 3.8) is 0 Å². The molecule has 2 aliphatic heterocycles. The molecule has 2 saturated heterocycles. The number of amides is 1. The number of fused-ring (bicyclic) bond motifs is 2. The van der Waals surface area contributed by atoms with E-state index in [0.717, 1.165) is 19.3 Å². The Kier molecular flexibility index (Phi) is 4.99. The maximum atomic E-state index is 12.4. The number of likely N-dealkylation sites (tertiary alicyclic amines) is 1. The Balaban J connectivity index is 1.58. The predicted octanol–water partition coefficient (Wildman–Crippen LogP) is 2.87. The average Bonchev–Trinajstić information content (AvgIpc) is 2.83. The second-order valence-electron chi connectivity index (χ2n) is 6.42. The molecule has 2 atom stereocenters. The predicted molar refractivity (Wildman–Crippen MR) is 82.6 cm³/mol. The van der Waals surface area contributed by atoms with E-state index in [-0.39, 0.29) is 24.5 Å². The van der Waals surface area contributed by atoms with Crippen molar-refractivity contribution in [2.75, 3.05) is 13.1 Å². The van der Waals surface area contributed by atoms with E-state index in [1.54, 1.807) is 12.1 Å². The maximum Gasteiger partial charge on any atom is 0.573 e. The van der Waals surface area contributed by atoms with Crippen molar-refractivity contribution in [3.8, 4) is 5.75 Å². The number of hydrogen-bond donors (Lipinski definition) is 1. The summed E-state index contributed by atoms with van der Waals surface area (Å²) in [7, 11) is 0. The summed E-state index contributed by atoms with van der Waals surface area (Å²) in [6.07, 6.45) is -1.11. The minimum absolute atomic E-state index is 0.00818. The van der Waals surface area contributed by atoms with E-state index in [9.17, 15) is 18.0 Å². The van der Waals surface area contributed by atoms with Crippen LogP contribution in [0.15, 0.2) is 24.3 Å². The van der Waals surface area contributed by atoms with E-state index in [1.165, 1.54) is 12.1 Å². The van der Waals surface area contributed by atoms with Crippen molar-refractivity contribution in [1.82, 2.24) is 10.2 Å². The lowest BCUT2D eigenvalue weighted by atomic mass is 10.1. The molecule has 0 radical (unpaired) electrons. The molecule has 2 unspecified atom stereocenters.